The molecule has 0 spiro atoms. The molecule has 0 fully saturated rings. The molecular weight excluding hydrogens is 375 g/mol. The Labute approximate surface area is 170 Å². The standard InChI is InChI=1S/C20H25BN2O6/c1-5-7-28-18-13(8-11(3)9-15(18)21(25)26)17-14(10-22)19(23)29-12(4)16(17)20(24)27-6-2/h8-9,17,25-26H,5-7,23H2,1-4H3. The Morgan fingerprint density at radius 1 is 1.34 bits per heavy atom. The summed E-state index contributed by atoms with van der Waals surface area (Å²) in [7, 11) is -1.80. The summed E-state index contributed by atoms with van der Waals surface area (Å²) in [6.45, 7) is 7.34. The number of hydrogen-bond donors (Lipinski definition) is 3. The van der Waals surface area contributed by atoms with E-state index in [-0.39, 0.29) is 40.6 Å². The SMILES string of the molecule is CCCOc1c(B(O)O)cc(C)cc1C1C(C#N)=C(N)OC(C)=C1C(=O)OCC. The van der Waals surface area contributed by atoms with Gasteiger partial charge >= 0.3 is 13.1 Å². The molecule has 0 radical (unpaired) electrons. The summed E-state index contributed by atoms with van der Waals surface area (Å²) in [5.74, 6) is -1.31. The molecule has 0 bridgehead atoms. The second-order valence-corrected chi connectivity index (χ2v) is 6.61. The number of carbonyl (C=O) groups is 1. The first-order chi connectivity index (χ1) is 13.8. The molecule has 0 aliphatic carbocycles. The summed E-state index contributed by atoms with van der Waals surface area (Å²) in [5, 5.41) is 29.5. The fraction of sp³-hybridized carbons (Fsp3) is 0.400. The minimum Gasteiger partial charge on any atom is -0.494 e. The van der Waals surface area contributed by atoms with Crippen molar-refractivity contribution in [3.8, 4) is 11.8 Å². The average Bonchev–Trinajstić information content (AvgIpc) is 2.65. The smallest absolute Gasteiger partial charge is 0.492 e. The van der Waals surface area contributed by atoms with E-state index < -0.39 is 19.0 Å². The average molecular weight is 400 g/mol. The van der Waals surface area contributed by atoms with Crippen molar-refractivity contribution >= 4 is 18.6 Å². The summed E-state index contributed by atoms with van der Waals surface area (Å²) in [4.78, 5) is 12.7. The molecule has 1 aliphatic rings. The van der Waals surface area contributed by atoms with Crippen LogP contribution in [0.4, 0.5) is 0 Å². The number of nitrogens with zero attached hydrogens (tertiary/aromatic N) is 1. The molecule has 1 aliphatic heterocycles. The third-order valence-corrected chi connectivity index (χ3v) is 4.43. The van der Waals surface area contributed by atoms with Gasteiger partial charge in [0.25, 0.3) is 0 Å². The molecule has 4 N–H and O–H groups in total. The minimum atomic E-state index is -1.80. The van der Waals surface area contributed by atoms with E-state index in [0.29, 0.717) is 24.2 Å². The van der Waals surface area contributed by atoms with Gasteiger partial charge in [-0.1, -0.05) is 24.6 Å². The first-order valence-corrected chi connectivity index (χ1v) is 9.35. The number of carbonyl (C=O) groups excluding carboxylic acids is 1. The van der Waals surface area contributed by atoms with Crippen molar-refractivity contribution < 1.29 is 29.1 Å². The second-order valence-electron chi connectivity index (χ2n) is 6.61. The number of allylic oxidation sites excluding steroid dienone is 2. The molecular formula is C20H25BN2O6. The highest BCUT2D eigenvalue weighted by Crippen LogP contribution is 2.43. The van der Waals surface area contributed by atoms with Crippen molar-refractivity contribution in [3.63, 3.8) is 0 Å². The number of rotatable bonds is 7. The molecule has 0 saturated carbocycles. The highest BCUT2D eigenvalue weighted by atomic mass is 16.5. The molecule has 1 aromatic rings. The molecule has 8 nitrogen and oxygen atoms in total. The van der Waals surface area contributed by atoms with Crippen LogP contribution < -0.4 is 15.9 Å². The summed E-state index contributed by atoms with van der Waals surface area (Å²) in [6.07, 6.45) is 0.671. The largest absolute Gasteiger partial charge is 0.494 e. The Hall–Kier alpha value is -2.96. The number of aryl methyl sites for hydroxylation is 1. The van der Waals surface area contributed by atoms with Gasteiger partial charge in [-0.25, -0.2) is 4.79 Å². The third kappa shape index (κ3) is 4.55. The minimum absolute atomic E-state index is 0.0176. The van der Waals surface area contributed by atoms with E-state index in [1.807, 2.05) is 13.0 Å². The molecule has 154 valence electrons. The molecule has 2 rings (SSSR count). The van der Waals surface area contributed by atoms with Crippen LogP contribution in [0.15, 0.2) is 34.9 Å². The zero-order valence-corrected chi connectivity index (χ0v) is 17.0. The Bertz CT molecular complexity index is 901. The molecule has 1 heterocycles. The summed E-state index contributed by atoms with van der Waals surface area (Å²) in [5.41, 5.74) is 7.31. The summed E-state index contributed by atoms with van der Waals surface area (Å²) < 4.78 is 16.4. The maximum atomic E-state index is 12.7. The molecule has 1 aromatic carbocycles. The Balaban J connectivity index is 2.83. The van der Waals surface area contributed by atoms with Crippen LogP contribution in [0.25, 0.3) is 0 Å². The van der Waals surface area contributed by atoms with E-state index in [9.17, 15) is 20.1 Å². The predicted octanol–water partition coefficient (Wildman–Crippen LogP) is 1.11. The maximum absolute atomic E-state index is 12.7. The van der Waals surface area contributed by atoms with E-state index >= 15 is 0 Å². The Morgan fingerprint density at radius 2 is 2.03 bits per heavy atom. The molecule has 0 amide bonds. The topological polar surface area (TPSA) is 135 Å². The number of nitriles is 1. The number of hydrogen-bond acceptors (Lipinski definition) is 8. The first-order valence-electron chi connectivity index (χ1n) is 9.35. The summed E-state index contributed by atoms with van der Waals surface area (Å²) in [6, 6.07) is 5.32. The van der Waals surface area contributed by atoms with Crippen LogP contribution in [0.3, 0.4) is 0 Å². The van der Waals surface area contributed by atoms with E-state index in [2.05, 4.69) is 0 Å². The zero-order valence-electron chi connectivity index (χ0n) is 17.0. The first kappa shape index (κ1) is 22.3. The number of esters is 1. The third-order valence-electron chi connectivity index (χ3n) is 4.43. The van der Waals surface area contributed by atoms with Crippen LogP contribution in [0.2, 0.25) is 0 Å². The quantitative estimate of drug-likeness (QED) is 0.458. The molecule has 1 unspecified atom stereocenters. The van der Waals surface area contributed by atoms with Gasteiger partial charge < -0.3 is 30.0 Å². The van der Waals surface area contributed by atoms with Gasteiger partial charge in [-0.15, -0.1) is 0 Å². The number of ether oxygens (including phenoxy) is 3. The lowest BCUT2D eigenvalue weighted by molar-refractivity contribution is -0.139. The van der Waals surface area contributed by atoms with Crippen LogP contribution in [-0.4, -0.2) is 36.3 Å². The predicted molar refractivity (Wildman–Crippen MR) is 107 cm³/mol. The number of benzene rings is 1. The fourth-order valence-corrected chi connectivity index (χ4v) is 3.27. The van der Waals surface area contributed by atoms with Crippen molar-refractivity contribution in [3.05, 3.63) is 46.0 Å². The van der Waals surface area contributed by atoms with Gasteiger partial charge in [-0.3, -0.25) is 0 Å². The van der Waals surface area contributed by atoms with E-state index in [1.165, 1.54) is 0 Å². The summed E-state index contributed by atoms with van der Waals surface area (Å²) >= 11 is 0. The van der Waals surface area contributed by atoms with Gasteiger partial charge in [0, 0.05) is 11.0 Å². The van der Waals surface area contributed by atoms with Crippen LogP contribution >= 0.6 is 0 Å². The second kappa shape index (κ2) is 9.50. The van der Waals surface area contributed by atoms with Gasteiger partial charge in [0.15, 0.2) is 0 Å². The van der Waals surface area contributed by atoms with Crippen LogP contribution in [0, 0.1) is 18.3 Å². The normalized spacial score (nSPS) is 16.2. The maximum Gasteiger partial charge on any atom is 0.492 e. The van der Waals surface area contributed by atoms with E-state index in [4.69, 9.17) is 19.9 Å². The molecule has 1 atom stereocenters. The number of nitrogens with two attached hydrogens (primary N) is 1. The fourth-order valence-electron chi connectivity index (χ4n) is 3.27. The molecule has 0 aromatic heterocycles. The van der Waals surface area contributed by atoms with Gasteiger partial charge in [0.2, 0.25) is 5.88 Å². The van der Waals surface area contributed by atoms with E-state index in [0.717, 1.165) is 0 Å². The highest BCUT2D eigenvalue weighted by Gasteiger charge is 2.39. The lowest BCUT2D eigenvalue weighted by Gasteiger charge is -2.29. The lowest BCUT2D eigenvalue weighted by atomic mass is 9.74. The molecule has 29 heavy (non-hydrogen) atoms. The van der Waals surface area contributed by atoms with Crippen LogP contribution in [-0.2, 0) is 14.3 Å². The highest BCUT2D eigenvalue weighted by molar-refractivity contribution is 6.59. The lowest BCUT2D eigenvalue weighted by Crippen LogP contribution is -2.34. The van der Waals surface area contributed by atoms with Crippen molar-refractivity contribution in [2.45, 2.75) is 40.0 Å². The molecule has 9 heteroatoms. The van der Waals surface area contributed by atoms with Crippen molar-refractivity contribution in [2.75, 3.05) is 13.2 Å². The Kier molecular flexibility index (Phi) is 7.32. The molecule has 0 saturated heterocycles. The van der Waals surface area contributed by atoms with E-state index in [1.54, 1.807) is 32.9 Å². The van der Waals surface area contributed by atoms with Gasteiger partial charge in [-0.05, 0) is 27.2 Å². The van der Waals surface area contributed by atoms with Crippen LogP contribution in [0.5, 0.6) is 5.75 Å². The zero-order chi connectivity index (χ0) is 21.7. The van der Waals surface area contributed by atoms with Gasteiger partial charge in [-0.2, -0.15) is 5.26 Å². The van der Waals surface area contributed by atoms with Crippen molar-refractivity contribution in [2.24, 2.45) is 5.73 Å². The van der Waals surface area contributed by atoms with Crippen LogP contribution in [0.1, 0.15) is 44.2 Å². The van der Waals surface area contributed by atoms with Gasteiger partial charge in [0.05, 0.1) is 24.7 Å². The monoisotopic (exact) mass is 400 g/mol. The van der Waals surface area contributed by atoms with Gasteiger partial charge in [0.1, 0.15) is 23.2 Å². The van der Waals surface area contributed by atoms with Crippen molar-refractivity contribution in [1.82, 2.24) is 0 Å². The van der Waals surface area contributed by atoms with Crippen molar-refractivity contribution in [1.29, 1.82) is 5.26 Å². The Morgan fingerprint density at radius 3 is 2.59 bits per heavy atom.